The summed E-state index contributed by atoms with van der Waals surface area (Å²) in [5.41, 5.74) is 5.08. The van der Waals surface area contributed by atoms with Gasteiger partial charge in [-0.3, -0.25) is 9.10 Å². The summed E-state index contributed by atoms with van der Waals surface area (Å²) in [7, 11) is -3.93. The summed E-state index contributed by atoms with van der Waals surface area (Å²) in [5, 5.41) is 2.81. The zero-order valence-electron chi connectivity index (χ0n) is 18.3. The molecular weight excluding hydrogens is 408 g/mol. The fourth-order valence-electron chi connectivity index (χ4n) is 3.40. The summed E-state index contributed by atoms with van der Waals surface area (Å²) in [5.74, 6) is -0.404. The monoisotopic (exact) mass is 436 g/mol. The highest BCUT2D eigenvalue weighted by atomic mass is 32.2. The molecule has 0 fully saturated rings. The molecule has 0 aliphatic heterocycles. The Morgan fingerprint density at radius 1 is 0.839 bits per heavy atom. The number of carbonyl (C=O) groups excluding carboxylic acids is 1. The summed E-state index contributed by atoms with van der Waals surface area (Å²) < 4.78 is 28.1. The third kappa shape index (κ3) is 5.52. The van der Waals surface area contributed by atoms with Gasteiger partial charge in [0.1, 0.15) is 6.54 Å². The number of hydrogen-bond acceptors (Lipinski definition) is 3. The largest absolute Gasteiger partial charge is 0.325 e. The maximum Gasteiger partial charge on any atom is 0.264 e. The number of amides is 1. The van der Waals surface area contributed by atoms with Gasteiger partial charge in [-0.05, 0) is 80.3 Å². The molecule has 1 N–H and O–H groups in total. The lowest BCUT2D eigenvalue weighted by Crippen LogP contribution is -2.38. The standard InChI is InChI=1S/C25H28N2O3S/c1-5-21-8-10-22(11-9-21)26-25(28)17-27(23-15-19(3)14-20(4)16-23)31(29,30)24-12-6-18(2)7-13-24/h6-16H,5,17H2,1-4H3,(H,26,28). The van der Waals surface area contributed by atoms with Gasteiger partial charge in [-0.1, -0.05) is 42.8 Å². The van der Waals surface area contributed by atoms with Gasteiger partial charge < -0.3 is 5.32 Å². The SMILES string of the molecule is CCc1ccc(NC(=O)CN(c2cc(C)cc(C)c2)S(=O)(=O)c2ccc(C)cc2)cc1. The number of nitrogens with one attached hydrogen (secondary N) is 1. The van der Waals surface area contributed by atoms with Crippen molar-refractivity contribution in [1.29, 1.82) is 0 Å². The minimum absolute atomic E-state index is 0.150. The molecule has 3 aromatic carbocycles. The molecule has 162 valence electrons. The number of rotatable bonds is 7. The van der Waals surface area contributed by atoms with Crippen LogP contribution in [0.1, 0.15) is 29.2 Å². The highest BCUT2D eigenvalue weighted by Crippen LogP contribution is 2.26. The number of aryl methyl sites for hydroxylation is 4. The summed E-state index contributed by atoms with van der Waals surface area (Å²) in [6.45, 7) is 7.44. The van der Waals surface area contributed by atoms with Crippen molar-refractivity contribution < 1.29 is 13.2 Å². The number of sulfonamides is 1. The summed E-state index contributed by atoms with van der Waals surface area (Å²) in [4.78, 5) is 13.0. The van der Waals surface area contributed by atoms with E-state index in [-0.39, 0.29) is 11.4 Å². The average molecular weight is 437 g/mol. The first-order chi connectivity index (χ1) is 14.7. The Bertz CT molecular complexity index is 1150. The lowest BCUT2D eigenvalue weighted by atomic mass is 10.1. The van der Waals surface area contributed by atoms with Gasteiger partial charge >= 0.3 is 0 Å². The van der Waals surface area contributed by atoms with Crippen molar-refractivity contribution in [3.8, 4) is 0 Å². The number of carbonyl (C=O) groups is 1. The minimum atomic E-state index is -3.93. The normalized spacial score (nSPS) is 11.2. The first-order valence-electron chi connectivity index (χ1n) is 10.3. The molecule has 0 bridgehead atoms. The van der Waals surface area contributed by atoms with Gasteiger partial charge in [-0.25, -0.2) is 8.42 Å². The molecule has 0 spiro atoms. The highest BCUT2D eigenvalue weighted by molar-refractivity contribution is 7.92. The Labute approximate surface area is 184 Å². The van der Waals surface area contributed by atoms with Gasteiger partial charge in [-0.15, -0.1) is 0 Å². The van der Waals surface area contributed by atoms with Crippen LogP contribution in [0.5, 0.6) is 0 Å². The third-order valence-electron chi connectivity index (χ3n) is 5.04. The van der Waals surface area contributed by atoms with Crippen LogP contribution in [0.4, 0.5) is 11.4 Å². The van der Waals surface area contributed by atoms with Crippen molar-refractivity contribution in [3.05, 3.63) is 89.0 Å². The Hall–Kier alpha value is -3.12. The molecule has 0 aromatic heterocycles. The van der Waals surface area contributed by atoms with Crippen molar-refractivity contribution in [1.82, 2.24) is 0 Å². The minimum Gasteiger partial charge on any atom is -0.325 e. The van der Waals surface area contributed by atoms with E-state index >= 15 is 0 Å². The van der Waals surface area contributed by atoms with Gasteiger partial charge in [0.2, 0.25) is 5.91 Å². The molecule has 3 rings (SSSR count). The highest BCUT2D eigenvalue weighted by Gasteiger charge is 2.27. The molecule has 3 aromatic rings. The van der Waals surface area contributed by atoms with Crippen LogP contribution in [-0.4, -0.2) is 20.9 Å². The van der Waals surface area contributed by atoms with E-state index in [4.69, 9.17) is 0 Å². The Balaban J connectivity index is 1.95. The van der Waals surface area contributed by atoms with Crippen molar-refractivity contribution in [2.75, 3.05) is 16.2 Å². The summed E-state index contributed by atoms with van der Waals surface area (Å²) >= 11 is 0. The van der Waals surface area contributed by atoms with Crippen molar-refractivity contribution in [2.45, 2.75) is 39.0 Å². The molecule has 0 saturated heterocycles. The van der Waals surface area contributed by atoms with E-state index < -0.39 is 15.9 Å². The van der Waals surface area contributed by atoms with Gasteiger partial charge in [0.05, 0.1) is 10.6 Å². The molecule has 1 amide bonds. The van der Waals surface area contributed by atoms with Crippen LogP contribution >= 0.6 is 0 Å². The number of anilines is 2. The molecule has 0 aliphatic rings. The average Bonchev–Trinajstić information content (AvgIpc) is 2.72. The van der Waals surface area contributed by atoms with Crippen molar-refractivity contribution in [2.24, 2.45) is 0 Å². The second-order valence-corrected chi connectivity index (χ2v) is 9.63. The topological polar surface area (TPSA) is 66.5 Å². The first kappa shape index (κ1) is 22.6. The molecule has 31 heavy (non-hydrogen) atoms. The van der Waals surface area contributed by atoms with Crippen LogP contribution in [0, 0.1) is 20.8 Å². The van der Waals surface area contributed by atoms with E-state index in [0.717, 1.165) is 28.7 Å². The lowest BCUT2D eigenvalue weighted by molar-refractivity contribution is -0.114. The third-order valence-corrected chi connectivity index (χ3v) is 6.82. The molecule has 0 unspecified atom stereocenters. The van der Waals surface area contributed by atoms with E-state index in [1.807, 2.05) is 51.1 Å². The van der Waals surface area contributed by atoms with Gasteiger partial charge in [-0.2, -0.15) is 0 Å². The molecule has 0 radical (unpaired) electrons. The Morgan fingerprint density at radius 3 is 1.97 bits per heavy atom. The molecule has 0 atom stereocenters. The Morgan fingerprint density at radius 2 is 1.42 bits per heavy atom. The zero-order valence-corrected chi connectivity index (χ0v) is 19.2. The summed E-state index contributed by atoms with van der Waals surface area (Å²) in [6.07, 6.45) is 0.906. The second kappa shape index (κ2) is 9.35. The van der Waals surface area contributed by atoms with Crippen LogP contribution < -0.4 is 9.62 Å². The van der Waals surface area contributed by atoms with Gasteiger partial charge in [0.15, 0.2) is 0 Å². The van der Waals surface area contributed by atoms with Crippen LogP contribution in [0.25, 0.3) is 0 Å². The smallest absolute Gasteiger partial charge is 0.264 e. The predicted octanol–water partition coefficient (Wildman–Crippen LogP) is 5.01. The zero-order chi connectivity index (χ0) is 22.6. The van der Waals surface area contributed by atoms with Crippen molar-refractivity contribution in [3.63, 3.8) is 0 Å². The van der Waals surface area contributed by atoms with E-state index in [1.165, 1.54) is 4.31 Å². The van der Waals surface area contributed by atoms with Gasteiger partial charge in [0, 0.05) is 5.69 Å². The molecule has 5 nitrogen and oxygen atoms in total. The fourth-order valence-corrected chi connectivity index (χ4v) is 4.81. The summed E-state index contributed by atoms with van der Waals surface area (Å²) in [6, 6.07) is 19.7. The first-order valence-corrected chi connectivity index (χ1v) is 11.7. The van der Waals surface area contributed by atoms with E-state index in [9.17, 15) is 13.2 Å². The fraction of sp³-hybridized carbons (Fsp3) is 0.240. The lowest BCUT2D eigenvalue weighted by Gasteiger charge is -2.25. The van der Waals surface area contributed by atoms with E-state index in [0.29, 0.717) is 11.4 Å². The number of benzene rings is 3. The molecule has 0 heterocycles. The van der Waals surface area contributed by atoms with Gasteiger partial charge in [0.25, 0.3) is 10.0 Å². The van der Waals surface area contributed by atoms with Crippen LogP contribution in [-0.2, 0) is 21.2 Å². The van der Waals surface area contributed by atoms with Crippen LogP contribution in [0.2, 0.25) is 0 Å². The molecule has 6 heteroatoms. The molecule has 0 saturated carbocycles. The van der Waals surface area contributed by atoms with Crippen LogP contribution in [0.15, 0.2) is 71.6 Å². The predicted molar refractivity (Wildman–Crippen MR) is 126 cm³/mol. The maximum atomic E-state index is 13.5. The number of hydrogen-bond donors (Lipinski definition) is 1. The number of nitrogens with zero attached hydrogens (tertiary/aromatic N) is 1. The maximum absolute atomic E-state index is 13.5. The quantitative estimate of drug-likeness (QED) is 0.566. The second-order valence-electron chi connectivity index (χ2n) is 7.77. The van der Waals surface area contributed by atoms with E-state index in [2.05, 4.69) is 12.2 Å². The molecule has 0 aliphatic carbocycles. The van der Waals surface area contributed by atoms with Crippen molar-refractivity contribution >= 4 is 27.3 Å². The Kier molecular flexibility index (Phi) is 6.81. The molecular formula is C25H28N2O3S. The van der Waals surface area contributed by atoms with E-state index in [1.54, 1.807) is 36.4 Å². The van der Waals surface area contributed by atoms with Crippen LogP contribution in [0.3, 0.4) is 0 Å².